The van der Waals surface area contributed by atoms with Gasteiger partial charge in [-0.15, -0.1) is 29.9 Å². The first-order chi connectivity index (χ1) is 20.5. The zero-order chi connectivity index (χ0) is 28.8. The minimum atomic E-state index is -0.731. The van der Waals surface area contributed by atoms with Gasteiger partial charge in [-0.3, -0.25) is 19.6 Å². The molecule has 232 valence electrons. The topological polar surface area (TPSA) is 113 Å². The van der Waals surface area contributed by atoms with Gasteiger partial charge in [0.15, 0.2) is 0 Å². The summed E-state index contributed by atoms with van der Waals surface area (Å²) in [5.74, 6) is -0.246. The number of nitrogens with zero attached hydrogens (tertiary/aromatic N) is 8. The van der Waals surface area contributed by atoms with E-state index in [0.717, 1.165) is 26.2 Å². The van der Waals surface area contributed by atoms with E-state index < -0.39 is 23.6 Å². The lowest BCUT2D eigenvalue weighted by atomic mass is 10.0. The van der Waals surface area contributed by atoms with E-state index in [1.165, 1.54) is 11.0 Å². The number of aromatic nitrogens is 4. The lowest BCUT2D eigenvalue weighted by Crippen LogP contribution is -2.48. The highest BCUT2D eigenvalue weighted by atomic mass is 35.5. The monoisotopic (exact) mass is 643 g/mol. The van der Waals surface area contributed by atoms with E-state index in [0.29, 0.717) is 48.7 Å². The molecule has 1 aromatic carbocycles. The van der Waals surface area contributed by atoms with Crippen LogP contribution in [0.15, 0.2) is 48.9 Å². The fourth-order valence-corrected chi connectivity index (χ4v) is 6.63. The van der Waals surface area contributed by atoms with Crippen molar-refractivity contribution in [1.82, 2.24) is 35.1 Å². The molecule has 0 spiro atoms. The number of hydrogen-bond donors (Lipinski definition) is 1. The standard InChI is InChI=1S/C29H30FN9O3.2ClH/c1-31-29(23-16-37(17-24(23)29)27(40)18-36-9-6-32-7-10-36)26-5-2-19(13-33-26)22-4-3-20(12-25(22)30)39-15-21(42-28(39)41)14-38-11-8-34-35-38;;/h2-5,8,11-13,21,23-24,32H,6-7,9-10,14-18H2;2*1H/t21-,23-,24+,29?;;/m0../s1. The largest absolute Gasteiger partial charge is 0.442 e. The number of rotatable bonds is 7. The van der Waals surface area contributed by atoms with Crippen LogP contribution in [0.5, 0.6) is 0 Å². The molecule has 3 saturated heterocycles. The van der Waals surface area contributed by atoms with E-state index in [1.54, 1.807) is 47.5 Å². The van der Waals surface area contributed by atoms with E-state index in [-0.39, 0.29) is 49.1 Å². The van der Waals surface area contributed by atoms with Gasteiger partial charge >= 0.3 is 6.09 Å². The summed E-state index contributed by atoms with van der Waals surface area (Å²) in [7, 11) is 0. The number of fused-ring (bicyclic) bond motifs is 1. The van der Waals surface area contributed by atoms with E-state index in [9.17, 15) is 9.59 Å². The van der Waals surface area contributed by atoms with Crippen LogP contribution in [0.25, 0.3) is 16.0 Å². The van der Waals surface area contributed by atoms with Crippen LogP contribution in [0.4, 0.5) is 14.9 Å². The van der Waals surface area contributed by atoms with Gasteiger partial charge in [0.05, 0.1) is 43.4 Å². The van der Waals surface area contributed by atoms with E-state index in [1.807, 2.05) is 4.90 Å². The Morgan fingerprint density at radius 2 is 1.91 bits per heavy atom. The molecule has 1 N–H and O–H groups in total. The Morgan fingerprint density at radius 1 is 1.14 bits per heavy atom. The van der Waals surface area contributed by atoms with Gasteiger partial charge in [-0.2, -0.15) is 0 Å². The third-order valence-corrected chi connectivity index (χ3v) is 8.93. The second-order valence-corrected chi connectivity index (χ2v) is 11.3. The van der Waals surface area contributed by atoms with Crippen LogP contribution in [-0.4, -0.2) is 100 Å². The van der Waals surface area contributed by atoms with Crippen molar-refractivity contribution in [3.05, 3.63) is 71.9 Å². The Labute approximate surface area is 266 Å². The summed E-state index contributed by atoms with van der Waals surface area (Å²) in [6.07, 6.45) is 3.87. The summed E-state index contributed by atoms with van der Waals surface area (Å²) in [6, 6.07) is 8.22. The Bertz CT molecular complexity index is 1530. The number of piperidine rings is 1. The summed E-state index contributed by atoms with van der Waals surface area (Å²) in [4.78, 5) is 39.4. The first-order valence-corrected chi connectivity index (χ1v) is 14.1. The molecule has 0 bridgehead atoms. The van der Waals surface area contributed by atoms with Gasteiger partial charge in [0.25, 0.3) is 5.54 Å². The average molecular weight is 645 g/mol. The van der Waals surface area contributed by atoms with Crippen LogP contribution in [0.3, 0.4) is 0 Å². The number of ether oxygens (including phenoxy) is 1. The molecule has 12 nitrogen and oxygen atoms in total. The fraction of sp³-hybridized carbons (Fsp3) is 0.448. The van der Waals surface area contributed by atoms with Gasteiger partial charge in [0, 0.05) is 62.8 Å². The maximum Gasteiger partial charge on any atom is 0.414 e. The molecule has 0 radical (unpaired) electrons. The van der Waals surface area contributed by atoms with E-state index >= 15 is 4.39 Å². The SMILES string of the molecule is Cl.Cl.[C-]#[N+]C1(c2ccc(-c3ccc(N4C[C@H](Cn5ccnn5)OC4=O)cc3F)cn2)[C@@H]2CN(C(=O)CN3CCNCC3)C[C@@H]21. The zero-order valence-corrected chi connectivity index (χ0v) is 25.3. The summed E-state index contributed by atoms with van der Waals surface area (Å²) in [6.45, 7) is 13.7. The maximum absolute atomic E-state index is 15.3. The number of carbonyl (C=O) groups is 2. The van der Waals surface area contributed by atoms with Crippen molar-refractivity contribution >= 4 is 42.5 Å². The molecule has 5 heterocycles. The maximum atomic E-state index is 15.3. The predicted molar refractivity (Wildman–Crippen MR) is 163 cm³/mol. The van der Waals surface area contributed by atoms with Gasteiger partial charge in [-0.25, -0.2) is 20.4 Å². The smallest absolute Gasteiger partial charge is 0.414 e. The van der Waals surface area contributed by atoms with Crippen LogP contribution in [0, 0.1) is 24.2 Å². The molecule has 2 aromatic heterocycles. The van der Waals surface area contributed by atoms with Crippen molar-refractivity contribution in [2.24, 2.45) is 11.8 Å². The molecule has 15 heteroatoms. The quantitative estimate of drug-likeness (QED) is 0.391. The highest BCUT2D eigenvalue weighted by molar-refractivity contribution is 5.90. The highest BCUT2D eigenvalue weighted by Gasteiger charge is 2.78. The Kier molecular flexibility index (Phi) is 9.08. The van der Waals surface area contributed by atoms with Crippen molar-refractivity contribution < 1.29 is 18.7 Å². The summed E-state index contributed by atoms with van der Waals surface area (Å²) >= 11 is 0. The summed E-state index contributed by atoms with van der Waals surface area (Å²) < 4.78 is 22.3. The predicted octanol–water partition coefficient (Wildman–Crippen LogP) is 2.46. The average Bonchev–Trinajstić information content (AvgIpc) is 3.51. The van der Waals surface area contributed by atoms with Crippen molar-refractivity contribution in [1.29, 1.82) is 0 Å². The lowest BCUT2D eigenvalue weighted by Gasteiger charge is -2.29. The number of hydrogen-bond acceptors (Lipinski definition) is 8. The molecule has 4 fully saturated rings. The van der Waals surface area contributed by atoms with Gasteiger partial charge in [0.2, 0.25) is 5.91 Å². The van der Waals surface area contributed by atoms with Gasteiger partial charge in [-0.05, 0) is 24.3 Å². The van der Waals surface area contributed by atoms with Crippen LogP contribution >= 0.6 is 24.8 Å². The Balaban J connectivity index is 0.00000192. The number of cyclic esters (lactones) is 1. The number of anilines is 1. The molecular weight excluding hydrogens is 612 g/mol. The molecule has 2 amide bonds. The molecule has 3 aliphatic heterocycles. The highest BCUT2D eigenvalue weighted by Crippen LogP contribution is 2.64. The van der Waals surface area contributed by atoms with E-state index in [2.05, 4.69) is 30.4 Å². The molecule has 4 atom stereocenters. The van der Waals surface area contributed by atoms with Crippen molar-refractivity contribution in [3.63, 3.8) is 0 Å². The summed E-state index contributed by atoms with van der Waals surface area (Å²) in [5.41, 5.74) is 1.27. The minimum absolute atomic E-state index is 0. The zero-order valence-electron chi connectivity index (χ0n) is 23.7. The second-order valence-electron chi connectivity index (χ2n) is 11.3. The summed E-state index contributed by atoms with van der Waals surface area (Å²) in [5, 5.41) is 10.9. The van der Waals surface area contributed by atoms with Crippen molar-refractivity contribution in [2.45, 2.75) is 18.2 Å². The molecule has 7 rings (SSSR count). The molecule has 3 aromatic rings. The third kappa shape index (κ3) is 5.59. The number of carbonyl (C=O) groups excluding carboxylic acids is 2. The third-order valence-electron chi connectivity index (χ3n) is 8.93. The number of pyridine rings is 1. The molecule has 1 saturated carbocycles. The molecule has 44 heavy (non-hydrogen) atoms. The van der Waals surface area contributed by atoms with Crippen molar-refractivity contribution in [2.75, 3.05) is 57.3 Å². The number of halogens is 3. The Morgan fingerprint density at radius 3 is 2.55 bits per heavy atom. The fourth-order valence-electron chi connectivity index (χ4n) is 6.63. The molecule has 1 aliphatic carbocycles. The molecule has 1 unspecified atom stereocenters. The molecular formula is C29H32Cl2FN9O3. The van der Waals surface area contributed by atoms with Gasteiger partial charge < -0.3 is 19.8 Å². The van der Waals surface area contributed by atoms with E-state index in [4.69, 9.17) is 11.3 Å². The van der Waals surface area contributed by atoms with Crippen LogP contribution < -0.4 is 10.2 Å². The van der Waals surface area contributed by atoms with Crippen LogP contribution in [0.1, 0.15) is 5.69 Å². The van der Waals surface area contributed by atoms with Crippen molar-refractivity contribution in [3.8, 4) is 11.1 Å². The number of piperazine rings is 1. The minimum Gasteiger partial charge on any atom is -0.442 e. The first kappa shape index (κ1) is 31.6. The number of nitrogens with one attached hydrogen (secondary N) is 1. The number of amides is 2. The van der Waals surface area contributed by atoms with Crippen LogP contribution in [-0.2, 0) is 21.6 Å². The normalized spacial score (nSPS) is 25.8. The first-order valence-electron chi connectivity index (χ1n) is 14.1. The Hall–Kier alpha value is -3.83. The van der Waals surface area contributed by atoms with Crippen LogP contribution in [0.2, 0.25) is 0 Å². The van der Waals surface area contributed by atoms with Gasteiger partial charge in [-0.1, -0.05) is 11.3 Å². The second kappa shape index (κ2) is 12.6. The lowest BCUT2D eigenvalue weighted by molar-refractivity contribution is -0.132. The van der Waals surface area contributed by atoms with Gasteiger partial charge in [0.1, 0.15) is 17.6 Å². The molecule has 4 aliphatic rings. The number of likely N-dealkylation sites (tertiary alicyclic amines) is 1. The number of benzene rings is 1.